The highest BCUT2D eigenvalue weighted by molar-refractivity contribution is 7.12. The molecular formula is C29H36N4O2S. The van der Waals surface area contributed by atoms with E-state index in [9.17, 15) is 4.79 Å². The number of likely N-dealkylation sites (tertiary alicyclic amines) is 1. The zero-order chi connectivity index (χ0) is 24.7. The third-order valence-electron chi connectivity index (χ3n) is 7.27. The Morgan fingerprint density at radius 1 is 1.00 bits per heavy atom. The second-order valence-corrected chi connectivity index (χ2v) is 11.0. The number of aromatic nitrogens is 1. The number of piperazine rings is 1. The number of hydrogen-bond donors (Lipinski definition) is 0. The molecule has 36 heavy (non-hydrogen) atoms. The van der Waals surface area contributed by atoms with E-state index in [0.717, 1.165) is 81.4 Å². The molecule has 2 fully saturated rings. The lowest BCUT2D eigenvalue weighted by Gasteiger charge is -2.34. The van der Waals surface area contributed by atoms with Crippen LogP contribution < -0.4 is 4.74 Å². The van der Waals surface area contributed by atoms with E-state index in [1.54, 1.807) is 11.3 Å². The molecule has 5 rings (SSSR count). The van der Waals surface area contributed by atoms with Crippen molar-refractivity contribution in [3.8, 4) is 5.75 Å². The summed E-state index contributed by atoms with van der Waals surface area (Å²) in [5, 5.41) is 2.00. The molecule has 2 aliphatic rings. The van der Waals surface area contributed by atoms with Crippen LogP contribution in [0.1, 0.15) is 39.2 Å². The Morgan fingerprint density at radius 3 is 2.42 bits per heavy atom. The highest BCUT2D eigenvalue weighted by Crippen LogP contribution is 2.24. The van der Waals surface area contributed by atoms with Crippen LogP contribution in [0.4, 0.5) is 0 Å². The lowest BCUT2D eigenvalue weighted by molar-refractivity contribution is 0.0637. The summed E-state index contributed by atoms with van der Waals surface area (Å²) in [5.41, 5.74) is 3.69. The van der Waals surface area contributed by atoms with Gasteiger partial charge in [0.05, 0.1) is 11.5 Å². The molecule has 190 valence electrons. The van der Waals surface area contributed by atoms with Gasteiger partial charge in [-0.05, 0) is 66.1 Å². The summed E-state index contributed by atoms with van der Waals surface area (Å²) in [7, 11) is 0. The Balaban J connectivity index is 1.05. The molecule has 7 heteroatoms. The predicted molar refractivity (Wildman–Crippen MR) is 144 cm³/mol. The summed E-state index contributed by atoms with van der Waals surface area (Å²) in [5.74, 6) is 1.47. The number of thiophene rings is 1. The molecule has 0 N–H and O–H groups in total. The SMILES string of the molecule is Cc1ccsc1C(=O)N1CCC[C@@H](COc2ccc(CN3CCN(Cc4cccnc4)CC3)cc2)C1. The van der Waals surface area contributed by atoms with E-state index in [-0.39, 0.29) is 5.91 Å². The van der Waals surface area contributed by atoms with E-state index in [2.05, 4.69) is 45.1 Å². The van der Waals surface area contributed by atoms with E-state index in [0.29, 0.717) is 12.5 Å². The van der Waals surface area contributed by atoms with Crippen molar-refractivity contribution in [2.24, 2.45) is 5.92 Å². The van der Waals surface area contributed by atoms with Crippen molar-refractivity contribution in [3.05, 3.63) is 81.8 Å². The third kappa shape index (κ3) is 6.52. The van der Waals surface area contributed by atoms with Crippen molar-refractivity contribution in [3.63, 3.8) is 0 Å². The number of aryl methyl sites for hydroxylation is 1. The Bertz CT molecular complexity index is 1110. The Labute approximate surface area is 218 Å². The van der Waals surface area contributed by atoms with Crippen LogP contribution in [0.15, 0.2) is 60.2 Å². The van der Waals surface area contributed by atoms with Crippen molar-refractivity contribution in [2.75, 3.05) is 45.9 Å². The summed E-state index contributed by atoms with van der Waals surface area (Å²) in [6.45, 7) is 10.6. The van der Waals surface area contributed by atoms with Crippen molar-refractivity contribution in [1.82, 2.24) is 19.7 Å². The van der Waals surface area contributed by atoms with Gasteiger partial charge in [-0.2, -0.15) is 0 Å². The minimum absolute atomic E-state index is 0.175. The first-order valence-electron chi connectivity index (χ1n) is 13.0. The average Bonchev–Trinajstić information content (AvgIpc) is 3.35. The minimum atomic E-state index is 0.175. The molecule has 0 spiro atoms. The normalized spacial score (nSPS) is 19.4. The van der Waals surface area contributed by atoms with Gasteiger partial charge in [-0.15, -0.1) is 11.3 Å². The van der Waals surface area contributed by atoms with Crippen LogP contribution in [-0.2, 0) is 13.1 Å². The molecule has 2 saturated heterocycles. The van der Waals surface area contributed by atoms with Gasteiger partial charge >= 0.3 is 0 Å². The summed E-state index contributed by atoms with van der Waals surface area (Å²) in [4.78, 5) is 25.0. The summed E-state index contributed by atoms with van der Waals surface area (Å²) in [6.07, 6.45) is 5.94. The van der Waals surface area contributed by atoms with Crippen LogP contribution in [0, 0.1) is 12.8 Å². The molecule has 2 aromatic heterocycles. The summed E-state index contributed by atoms with van der Waals surface area (Å²) < 4.78 is 6.14. The number of hydrogen-bond acceptors (Lipinski definition) is 6. The highest BCUT2D eigenvalue weighted by Gasteiger charge is 2.26. The molecule has 0 saturated carbocycles. The van der Waals surface area contributed by atoms with E-state index in [1.807, 2.05) is 41.7 Å². The predicted octanol–water partition coefficient (Wildman–Crippen LogP) is 4.70. The highest BCUT2D eigenvalue weighted by atomic mass is 32.1. The fraction of sp³-hybridized carbons (Fsp3) is 0.448. The van der Waals surface area contributed by atoms with Crippen molar-refractivity contribution >= 4 is 17.2 Å². The van der Waals surface area contributed by atoms with E-state index < -0.39 is 0 Å². The van der Waals surface area contributed by atoms with Crippen LogP contribution in [0.2, 0.25) is 0 Å². The lowest BCUT2D eigenvalue weighted by atomic mass is 9.98. The van der Waals surface area contributed by atoms with Gasteiger partial charge in [-0.3, -0.25) is 19.6 Å². The zero-order valence-corrected chi connectivity index (χ0v) is 22.0. The Kier molecular flexibility index (Phi) is 8.31. The van der Waals surface area contributed by atoms with Crippen molar-refractivity contribution in [2.45, 2.75) is 32.9 Å². The molecule has 2 aliphatic heterocycles. The standard InChI is InChI=1S/C29H36N4O2S/c1-23-10-17-36-28(23)29(34)33-12-3-5-26(21-33)22-35-27-8-6-24(7-9-27)19-31-13-15-32(16-14-31)20-25-4-2-11-30-18-25/h2,4,6-11,17-18,26H,3,5,12-16,19-22H2,1H3/t26-/m1/s1. The zero-order valence-electron chi connectivity index (χ0n) is 21.1. The van der Waals surface area contributed by atoms with E-state index in [1.165, 1.54) is 11.1 Å². The van der Waals surface area contributed by atoms with Gasteiger partial charge in [0.1, 0.15) is 5.75 Å². The smallest absolute Gasteiger partial charge is 0.264 e. The van der Waals surface area contributed by atoms with Gasteiger partial charge in [-0.1, -0.05) is 18.2 Å². The number of piperidine rings is 1. The van der Waals surface area contributed by atoms with Gasteiger partial charge in [0.25, 0.3) is 5.91 Å². The molecule has 1 aromatic carbocycles. The fourth-order valence-electron chi connectivity index (χ4n) is 5.14. The molecule has 4 heterocycles. The first kappa shape index (κ1) is 24.9. The number of carbonyl (C=O) groups is 1. The molecule has 0 aliphatic carbocycles. The average molecular weight is 505 g/mol. The van der Waals surface area contributed by atoms with Gasteiger partial charge in [0.15, 0.2) is 0 Å². The Morgan fingerprint density at radius 2 is 1.75 bits per heavy atom. The van der Waals surface area contributed by atoms with Gasteiger partial charge in [0.2, 0.25) is 0 Å². The summed E-state index contributed by atoms with van der Waals surface area (Å²) >= 11 is 1.55. The number of rotatable bonds is 8. The number of benzene rings is 1. The van der Waals surface area contributed by atoms with Crippen molar-refractivity contribution in [1.29, 1.82) is 0 Å². The van der Waals surface area contributed by atoms with Gasteiger partial charge in [0, 0.05) is 70.7 Å². The lowest BCUT2D eigenvalue weighted by Crippen LogP contribution is -2.45. The van der Waals surface area contributed by atoms with E-state index >= 15 is 0 Å². The first-order valence-corrected chi connectivity index (χ1v) is 13.9. The van der Waals surface area contributed by atoms with Crippen LogP contribution >= 0.6 is 11.3 Å². The molecule has 1 amide bonds. The molecule has 0 bridgehead atoms. The molecule has 0 radical (unpaired) electrons. The Hall–Kier alpha value is -2.74. The second-order valence-electron chi connectivity index (χ2n) is 10.1. The topological polar surface area (TPSA) is 48.9 Å². The fourth-order valence-corrected chi connectivity index (χ4v) is 6.03. The molecule has 6 nitrogen and oxygen atoms in total. The molecule has 0 unspecified atom stereocenters. The number of ether oxygens (including phenoxy) is 1. The minimum Gasteiger partial charge on any atom is -0.493 e. The van der Waals surface area contributed by atoms with Crippen LogP contribution in [-0.4, -0.2) is 71.5 Å². The van der Waals surface area contributed by atoms with Gasteiger partial charge < -0.3 is 9.64 Å². The maximum absolute atomic E-state index is 12.9. The maximum Gasteiger partial charge on any atom is 0.264 e. The largest absolute Gasteiger partial charge is 0.493 e. The summed E-state index contributed by atoms with van der Waals surface area (Å²) in [6, 6.07) is 14.7. The number of amides is 1. The maximum atomic E-state index is 12.9. The van der Waals surface area contributed by atoms with Gasteiger partial charge in [-0.25, -0.2) is 0 Å². The molecular weight excluding hydrogens is 468 g/mol. The number of pyridine rings is 1. The monoisotopic (exact) mass is 504 g/mol. The van der Waals surface area contributed by atoms with Crippen LogP contribution in [0.25, 0.3) is 0 Å². The second kappa shape index (κ2) is 12.0. The number of nitrogens with zero attached hydrogens (tertiary/aromatic N) is 4. The number of carbonyl (C=O) groups excluding carboxylic acids is 1. The van der Waals surface area contributed by atoms with E-state index in [4.69, 9.17) is 4.74 Å². The van der Waals surface area contributed by atoms with Crippen LogP contribution in [0.5, 0.6) is 5.75 Å². The first-order chi connectivity index (χ1) is 17.6. The third-order valence-corrected chi connectivity index (χ3v) is 8.28. The van der Waals surface area contributed by atoms with Crippen molar-refractivity contribution < 1.29 is 9.53 Å². The molecule has 1 atom stereocenters. The molecule has 3 aromatic rings. The van der Waals surface area contributed by atoms with Crippen LogP contribution in [0.3, 0.4) is 0 Å². The quantitative estimate of drug-likeness (QED) is 0.445.